The van der Waals surface area contributed by atoms with Crippen LogP contribution in [0.4, 0.5) is 0 Å². The summed E-state index contributed by atoms with van der Waals surface area (Å²) in [5.74, 6) is 0.565. The smallest absolute Gasteiger partial charge is 0.269 e. The monoisotopic (exact) mass is 330 g/mol. The van der Waals surface area contributed by atoms with Crippen LogP contribution in [0.5, 0.6) is 11.5 Å². The van der Waals surface area contributed by atoms with Gasteiger partial charge in [0.2, 0.25) is 5.91 Å². The van der Waals surface area contributed by atoms with E-state index in [-0.39, 0.29) is 11.8 Å². The van der Waals surface area contributed by atoms with Gasteiger partial charge in [-0.1, -0.05) is 26.8 Å². The molecule has 0 heterocycles. The van der Waals surface area contributed by atoms with Gasteiger partial charge >= 0.3 is 0 Å². The van der Waals surface area contributed by atoms with E-state index in [1.54, 1.807) is 53.2 Å². The Bertz CT molecular complexity index is 778. The summed E-state index contributed by atoms with van der Waals surface area (Å²) >= 11 is 0. The van der Waals surface area contributed by atoms with Crippen molar-refractivity contribution < 1.29 is 19.1 Å². The molecule has 6 nitrogen and oxygen atoms in total. The van der Waals surface area contributed by atoms with E-state index in [1.807, 2.05) is 12.1 Å². The molecule has 0 fully saturated rings. The van der Waals surface area contributed by atoms with Gasteiger partial charge in [-0.15, -0.1) is 0 Å². The number of nitrogens with one attached hydrogen (secondary N) is 2. The second kappa shape index (κ2) is 6.78. The lowest BCUT2D eigenvalue weighted by Gasteiger charge is -2.18. The van der Waals surface area contributed by atoms with E-state index in [0.29, 0.717) is 17.1 Å². The Balaban J connectivity index is 2.23. The summed E-state index contributed by atoms with van der Waals surface area (Å²) in [6.45, 7) is 5.30. The molecule has 0 saturated heterocycles. The Morgan fingerprint density at radius 2 is 1.46 bits per heavy atom. The van der Waals surface area contributed by atoms with Crippen LogP contribution >= 0.6 is 0 Å². The molecule has 24 heavy (non-hydrogen) atoms. The Morgan fingerprint density at radius 1 is 0.875 bits per heavy atom. The minimum atomic E-state index is -0.583. The van der Waals surface area contributed by atoms with E-state index >= 15 is 0 Å². The molecule has 0 atom stereocenters. The Hall–Kier alpha value is -2.76. The fourth-order valence-electron chi connectivity index (χ4n) is 2.09. The third-order valence-electron chi connectivity index (χ3n) is 3.58. The number of ether oxygens (including phenoxy) is 2. The Kier molecular flexibility index (Phi) is 4.97. The zero-order valence-corrected chi connectivity index (χ0v) is 14.5. The van der Waals surface area contributed by atoms with Crippen LogP contribution in [0.15, 0.2) is 30.3 Å². The summed E-state index contributed by atoms with van der Waals surface area (Å²) in [6, 6.07) is 8.89. The lowest BCUT2D eigenvalue weighted by Crippen LogP contribution is -2.46. The summed E-state index contributed by atoms with van der Waals surface area (Å²) in [4.78, 5) is 24.0. The molecule has 0 unspecified atom stereocenters. The molecule has 2 N–H and O–H groups in total. The number of rotatable bonds is 3. The largest absolute Gasteiger partial charge is 0.493 e. The normalized spacial score (nSPS) is 11.0. The fraction of sp³-hybridized carbons (Fsp3) is 0.333. The predicted octanol–water partition coefficient (Wildman–Crippen LogP) is 2.66. The van der Waals surface area contributed by atoms with Crippen LogP contribution in [0, 0.1) is 5.41 Å². The molecule has 0 aliphatic carbocycles. The first-order chi connectivity index (χ1) is 11.3. The molecular weight excluding hydrogens is 308 g/mol. The first kappa shape index (κ1) is 17.6. The highest BCUT2D eigenvalue weighted by Gasteiger charge is 2.21. The van der Waals surface area contributed by atoms with E-state index in [2.05, 4.69) is 10.9 Å². The molecule has 128 valence electrons. The highest BCUT2D eigenvalue weighted by molar-refractivity contribution is 6.00. The van der Waals surface area contributed by atoms with E-state index in [4.69, 9.17) is 9.47 Å². The molecule has 2 amide bonds. The molecule has 0 aromatic heterocycles. The summed E-state index contributed by atoms with van der Waals surface area (Å²) < 4.78 is 10.5. The lowest BCUT2D eigenvalue weighted by molar-refractivity contribution is -0.129. The molecule has 2 rings (SSSR count). The van der Waals surface area contributed by atoms with Crippen LogP contribution in [0.1, 0.15) is 31.1 Å². The van der Waals surface area contributed by atoms with Gasteiger partial charge in [0.05, 0.1) is 14.2 Å². The van der Waals surface area contributed by atoms with Gasteiger partial charge in [0.25, 0.3) is 5.91 Å². The van der Waals surface area contributed by atoms with E-state index in [1.165, 1.54) is 0 Å². The number of hydrazine groups is 1. The van der Waals surface area contributed by atoms with Gasteiger partial charge in [-0.25, -0.2) is 0 Å². The average Bonchev–Trinajstić information content (AvgIpc) is 2.56. The molecule has 2 aromatic rings. The van der Waals surface area contributed by atoms with E-state index in [0.717, 1.165) is 10.8 Å². The Morgan fingerprint density at radius 3 is 2.00 bits per heavy atom. The van der Waals surface area contributed by atoms with Gasteiger partial charge in [0.15, 0.2) is 11.5 Å². The van der Waals surface area contributed by atoms with Crippen LogP contribution in [-0.4, -0.2) is 26.0 Å². The number of methoxy groups -OCH3 is 2. The molecule has 2 aromatic carbocycles. The lowest BCUT2D eigenvalue weighted by atomic mass is 9.96. The topological polar surface area (TPSA) is 76.7 Å². The summed E-state index contributed by atoms with van der Waals surface area (Å²) in [6.07, 6.45) is 0. The zero-order chi connectivity index (χ0) is 17.9. The van der Waals surface area contributed by atoms with Gasteiger partial charge in [0.1, 0.15) is 0 Å². The number of benzene rings is 2. The minimum absolute atomic E-state index is 0.261. The first-order valence-electron chi connectivity index (χ1n) is 7.53. The molecule has 0 bridgehead atoms. The van der Waals surface area contributed by atoms with Crippen molar-refractivity contribution in [2.45, 2.75) is 20.8 Å². The van der Waals surface area contributed by atoms with Crippen LogP contribution in [0.2, 0.25) is 0 Å². The van der Waals surface area contributed by atoms with Crippen molar-refractivity contribution in [3.05, 3.63) is 35.9 Å². The second-order valence-corrected chi connectivity index (χ2v) is 6.43. The van der Waals surface area contributed by atoms with Gasteiger partial charge in [0, 0.05) is 11.0 Å². The van der Waals surface area contributed by atoms with Crippen LogP contribution in [0.3, 0.4) is 0 Å². The summed E-state index contributed by atoms with van der Waals surface area (Å²) in [5, 5.41) is 1.75. The number of hydrogen-bond donors (Lipinski definition) is 2. The van der Waals surface area contributed by atoms with Gasteiger partial charge in [-0.05, 0) is 35.0 Å². The molecule has 0 aliphatic heterocycles. The van der Waals surface area contributed by atoms with Crippen molar-refractivity contribution in [1.82, 2.24) is 10.9 Å². The standard InChI is InChI=1S/C18H22N2O4/c1-18(2,3)17(22)20-19-16(21)12-7-6-11-9-14(23-4)15(24-5)10-13(11)8-12/h6-10H,1-5H3,(H,19,21)(H,20,22). The van der Waals surface area contributed by atoms with Crippen molar-refractivity contribution in [2.24, 2.45) is 5.41 Å². The van der Waals surface area contributed by atoms with Crippen LogP contribution < -0.4 is 20.3 Å². The molecule has 0 aliphatic rings. The maximum absolute atomic E-state index is 12.2. The quantitative estimate of drug-likeness (QED) is 0.848. The van der Waals surface area contributed by atoms with Gasteiger partial charge in [-0.3, -0.25) is 20.4 Å². The number of carbonyl (C=O) groups excluding carboxylic acids is 2. The zero-order valence-electron chi connectivity index (χ0n) is 14.5. The first-order valence-corrected chi connectivity index (χ1v) is 7.53. The third kappa shape index (κ3) is 3.76. The van der Waals surface area contributed by atoms with Crippen LogP contribution in [0.25, 0.3) is 10.8 Å². The molecule has 0 spiro atoms. The molecular formula is C18H22N2O4. The number of fused-ring (bicyclic) bond motifs is 1. The maximum Gasteiger partial charge on any atom is 0.269 e. The van der Waals surface area contributed by atoms with Crippen molar-refractivity contribution in [3.8, 4) is 11.5 Å². The number of carbonyl (C=O) groups is 2. The Labute approximate surface area is 141 Å². The summed E-state index contributed by atoms with van der Waals surface area (Å²) in [7, 11) is 3.13. The van der Waals surface area contributed by atoms with Crippen molar-refractivity contribution in [1.29, 1.82) is 0 Å². The average molecular weight is 330 g/mol. The fourth-order valence-corrected chi connectivity index (χ4v) is 2.09. The third-order valence-corrected chi connectivity index (χ3v) is 3.58. The van der Waals surface area contributed by atoms with E-state index < -0.39 is 5.41 Å². The SMILES string of the molecule is COc1cc2ccc(C(=O)NNC(=O)C(C)(C)C)cc2cc1OC. The molecule has 0 radical (unpaired) electrons. The number of hydrogen-bond acceptors (Lipinski definition) is 4. The van der Waals surface area contributed by atoms with Crippen molar-refractivity contribution in [3.63, 3.8) is 0 Å². The van der Waals surface area contributed by atoms with Crippen molar-refractivity contribution in [2.75, 3.05) is 14.2 Å². The number of amides is 2. The highest BCUT2D eigenvalue weighted by Crippen LogP contribution is 2.32. The second-order valence-electron chi connectivity index (χ2n) is 6.43. The van der Waals surface area contributed by atoms with Crippen LogP contribution in [-0.2, 0) is 4.79 Å². The van der Waals surface area contributed by atoms with E-state index in [9.17, 15) is 9.59 Å². The minimum Gasteiger partial charge on any atom is -0.493 e. The molecule has 0 saturated carbocycles. The maximum atomic E-state index is 12.2. The van der Waals surface area contributed by atoms with Crippen molar-refractivity contribution >= 4 is 22.6 Å². The van der Waals surface area contributed by atoms with Gasteiger partial charge in [-0.2, -0.15) is 0 Å². The summed E-state index contributed by atoms with van der Waals surface area (Å²) in [5.41, 5.74) is 4.70. The van der Waals surface area contributed by atoms with Gasteiger partial charge < -0.3 is 9.47 Å². The highest BCUT2D eigenvalue weighted by atomic mass is 16.5. The molecule has 6 heteroatoms. The predicted molar refractivity (Wildman–Crippen MR) is 92.1 cm³/mol.